The Morgan fingerprint density at radius 2 is 1.60 bits per heavy atom. The molecule has 3 atom stereocenters. The summed E-state index contributed by atoms with van der Waals surface area (Å²) in [6.45, 7) is 5.73. The molecule has 4 aliphatic carbocycles. The molecule has 7 heteroatoms. The summed E-state index contributed by atoms with van der Waals surface area (Å²) in [6, 6.07) is -0.811. The molecule has 0 aromatic heterocycles. The second-order valence-electron chi connectivity index (χ2n) is 10.8. The Labute approximate surface area is 178 Å². The van der Waals surface area contributed by atoms with Crippen LogP contribution in [0, 0.1) is 29.1 Å². The van der Waals surface area contributed by atoms with Gasteiger partial charge in [-0.2, -0.15) is 0 Å². The van der Waals surface area contributed by atoms with Crippen molar-refractivity contribution in [3.63, 3.8) is 0 Å². The number of hydrogen-bond donors (Lipinski definition) is 2. The first-order valence-corrected chi connectivity index (χ1v) is 11.6. The largest absolute Gasteiger partial charge is 0.454 e. The van der Waals surface area contributed by atoms with Crippen molar-refractivity contribution in [1.29, 1.82) is 0 Å². The van der Waals surface area contributed by atoms with E-state index in [1.165, 1.54) is 19.3 Å². The fraction of sp³-hybridized carbons (Fsp3) is 0.870. The zero-order chi connectivity index (χ0) is 21.6. The minimum absolute atomic E-state index is 0.0151. The molecule has 5 rings (SSSR count). The lowest BCUT2D eigenvalue weighted by Gasteiger charge is -2.56. The van der Waals surface area contributed by atoms with Gasteiger partial charge in [-0.1, -0.05) is 13.8 Å². The number of carbonyl (C=O) groups is 3. The maximum absolute atomic E-state index is 13.6. The normalized spacial score (nSPS) is 38.0. The summed E-state index contributed by atoms with van der Waals surface area (Å²) in [4.78, 5) is 40.0. The number of aliphatic hydroxyl groups is 1. The lowest BCUT2D eigenvalue weighted by Crippen LogP contribution is -2.56. The Balaban J connectivity index is 1.39. The van der Waals surface area contributed by atoms with E-state index in [0.29, 0.717) is 17.8 Å². The molecule has 168 valence electrons. The van der Waals surface area contributed by atoms with Gasteiger partial charge in [-0.05, 0) is 69.1 Å². The Morgan fingerprint density at radius 1 is 1.03 bits per heavy atom. The number of hydrogen-bond acceptors (Lipinski definition) is 5. The van der Waals surface area contributed by atoms with E-state index in [0.717, 1.165) is 19.3 Å². The van der Waals surface area contributed by atoms with E-state index in [2.05, 4.69) is 5.32 Å². The zero-order valence-corrected chi connectivity index (χ0v) is 18.4. The fourth-order valence-electron chi connectivity index (χ4n) is 6.63. The molecule has 4 saturated carbocycles. The predicted molar refractivity (Wildman–Crippen MR) is 110 cm³/mol. The minimum Gasteiger partial charge on any atom is -0.454 e. The van der Waals surface area contributed by atoms with Crippen LogP contribution in [0.2, 0.25) is 0 Å². The van der Waals surface area contributed by atoms with Crippen molar-refractivity contribution >= 4 is 17.8 Å². The number of aliphatic hydroxyl groups excluding tert-OH is 1. The van der Waals surface area contributed by atoms with Gasteiger partial charge in [0.1, 0.15) is 6.04 Å². The second-order valence-corrected chi connectivity index (χ2v) is 10.8. The summed E-state index contributed by atoms with van der Waals surface area (Å²) in [7, 11) is 0. The predicted octanol–water partition coefficient (Wildman–Crippen LogP) is 1.87. The molecule has 5 fully saturated rings. The fourth-order valence-corrected chi connectivity index (χ4v) is 6.63. The molecular formula is C23H36N2O5. The van der Waals surface area contributed by atoms with Crippen LogP contribution >= 0.6 is 0 Å². The van der Waals surface area contributed by atoms with Gasteiger partial charge < -0.3 is 20.1 Å². The molecule has 1 saturated heterocycles. The molecular weight excluding hydrogens is 384 g/mol. The molecule has 1 heterocycles. The Hall–Kier alpha value is -1.63. The van der Waals surface area contributed by atoms with Crippen LogP contribution in [-0.2, 0) is 19.1 Å². The van der Waals surface area contributed by atoms with Gasteiger partial charge in [0.05, 0.1) is 11.5 Å². The summed E-state index contributed by atoms with van der Waals surface area (Å²) >= 11 is 0. The van der Waals surface area contributed by atoms with Gasteiger partial charge in [0, 0.05) is 19.0 Å². The number of rotatable bonds is 6. The molecule has 0 radical (unpaired) electrons. The van der Waals surface area contributed by atoms with Crippen molar-refractivity contribution in [2.75, 3.05) is 13.2 Å². The van der Waals surface area contributed by atoms with Crippen molar-refractivity contribution in [3.05, 3.63) is 0 Å². The smallest absolute Gasteiger partial charge is 0.329 e. The highest BCUT2D eigenvalue weighted by Crippen LogP contribution is 2.60. The number of amides is 2. The van der Waals surface area contributed by atoms with Gasteiger partial charge in [-0.15, -0.1) is 0 Å². The second kappa shape index (κ2) is 8.13. The monoisotopic (exact) mass is 420 g/mol. The molecule has 4 bridgehead atoms. The van der Waals surface area contributed by atoms with E-state index < -0.39 is 18.1 Å². The van der Waals surface area contributed by atoms with Crippen LogP contribution in [0.1, 0.15) is 65.7 Å². The topological polar surface area (TPSA) is 95.9 Å². The highest BCUT2D eigenvalue weighted by molar-refractivity contribution is 5.90. The average Bonchev–Trinajstić information content (AvgIpc) is 3.06. The summed E-state index contributed by atoms with van der Waals surface area (Å²) in [5.41, 5.74) is -0.360. The third kappa shape index (κ3) is 4.10. The Bertz CT molecular complexity index is 670. The molecule has 5 aliphatic rings. The number of β-amino-alcohol motifs (C(OH)–C–C–N with tert-alkyl or cyclic N) is 1. The van der Waals surface area contributed by atoms with Crippen molar-refractivity contribution in [2.45, 2.75) is 83.9 Å². The molecule has 0 aromatic rings. The van der Waals surface area contributed by atoms with Gasteiger partial charge >= 0.3 is 5.97 Å². The maximum Gasteiger partial charge on any atom is 0.329 e. The first-order chi connectivity index (χ1) is 14.2. The SMILES string of the molecule is CC(C)C(C)NC(=O)COC(=O)[C@@H]1CC(O)CN1C(=O)C12CC3CC(CC(C3)C1)C2. The van der Waals surface area contributed by atoms with Crippen LogP contribution in [0.15, 0.2) is 0 Å². The average molecular weight is 421 g/mol. The van der Waals surface area contributed by atoms with Gasteiger partial charge in [0.2, 0.25) is 5.91 Å². The van der Waals surface area contributed by atoms with Crippen molar-refractivity contribution < 1.29 is 24.2 Å². The third-order valence-electron chi connectivity index (χ3n) is 8.04. The van der Waals surface area contributed by atoms with Crippen molar-refractivity contribution in [2.24, 2.45) is 29.1 Å². The van der Waals surface area contributed by atoms with E-state index in [1.54, 1.807) is 4.90 Å². The molecule has 0 aromatic carbocycles. The summed E-state index contributed by atoms with van der Waals surface area (Å²) < 4.78 is 5.26. The lowest BCUT2D eigenvalue weighted by atomic mass is 9.49. The number of nitrogens with zero attached hydrogens (tertiary/aromatic N) is 1. The molecule has 30 heavy (non-hydrogen) atoms. The first kappa shape index (κ1) is 21.6. The Kier molecular flexibility index (Phi) is 5.86. The number of ether oxygens (including phenoxy) is 1. The number of likely N-dealkylation sites (tertiary alicyclic amines) is 1. The summed E-state index contributed by atoms with van der Waals surface area (Å²) in [6.07, 6.45) is 5.93. The molecule has 0 spiro atoms. The van der Waals surface area contributed by atoms with E-state index in [1.807, 2.05) is 20.8 Å². The summed E-state index contributed by atoms with van der Waals surface area (Å²) in [5, 5.41) is 13.0. The van der Waals surface area contributed by atoms with Crippen LogP contribution in [0.3, 0.4) is 0 Å². The zero-order valence-electron chi connectivity index (χ0n) is 18.4. The van der Waals surface area contributed by atoms with Crippen LogP contribution in [0.25, 0.3) is 0 Å². The lowest BCUT2D eigenvalue weighted by molar-refractivity contribution is -0.166. The van der Waals surface area contributed by atoms with Gasteiger partial charge in [-0.25, -0.2) is 4.79 Å². The van der Waals surface area contributed by atoms with Gasteiger partial charge in [0.15, 0.2) is 6.61 Å². The highest BCUT2D eigenvalue weighted by atomic mass is 16.5. The third-order valence-corrected chi connectivity index (χ3v) is 8.04. The van der Waals surface area contributed by atoms with Crippen LogP contribution in [0.4, 0.5) is 0 Å². The minimum atomic E-state index is -0.796. The standard InChI is InChI=1S/C23H36N2O5/c1-13(2)14(3)24-20(27)12-30-21(28)19-7-18(26)11-25(19)22(29)23-8-15-4-16(9-23)6-17(5-15)10-23/h13-19,26H,4-12H2,1-3H3,(H,24,27)/t14?,15?,16?,17?,18?,19-,23?/m0/s1. The van der Waals surface area contributed by atoms with Gasteiger partial charge in [0.25, 0.3) is 5.91 Å². The molecule has 2 unspecified atom stereocenters. The quantitative estimate of drug-likeness (QED) is 0.640. The van der Waals surface area contributed by atoms with Crippen molar-refractivity contribution in [1.82, 2.24) is 10.2 Å². The number of carbonyl (C=O) groups excluding carboxylic acids is 3. The molecule has 2 N–H and O–H groups in total. The van der Waals surface area contributed by atoms with Gasteiger partial charge in [-0.3, -0.25) is 9.59 Å². The molecule has 1 aliphatic heterocycles. The maximum atomic E-state index is 13.6. The van der Waals surface area contributed by atoms with Crippen LogP contribution < -0.4 is 5.32 Å². The van der Waals surface area contributed by atoms with E-state index in [-0.39, 0.29) is 48.8 Å². The van der Waals surface area contributed by atoms with E-state index in [9.17, 15) is 19.5 Å². The van der Waals surface area contributed by atoms with Crippen molar-refractivity contribution in [3.8, 4) is 0 Å². The summed E-state index contributed by atoms with van der Waals surface area (Å²) in [5.74, 6) is 1.26. The van der Waals surface area contributed by atoms with E-state index >= 15 is 0 Å². The van der Waals surface area contributed by atoms with Crippen LogP contribution in [-0.4, -0.2) is 59.1 Å². The molecule has 7 nitrogen and oxygen atoms in total. The highest BCUT2D eigenvalue weighted by Gasteiger charge is 2.57. The molecule has 2 amide bonds. The number of nitrogens with one attached hydrogen (secondary N) is 1. The first-order valence-electron chi connectivity index (χ1n) is 11.6. The van der Waals surface area contributed by atoms with E-state index in [4.69, 9.17) is 4.74 Å². The number of esters is 1. The Morgan fingerprint density at radius 3 is 2.13 bits per heavy atom. The van der Waals surface area contributed by atoms with Crippen LogP contribution in [0.5, 0.6) is 0 Å².